The summed E-state index contributed by atoms with van der Waals surface area (Å²) < 4.78 is 0. The minimum atomic E-state index is 0.866. The molecule has 0 nitrogen and oxygen atoms in total. The Kier molecular flexibility index (Phi) is 2.87. The van der Waals surface area contributed by atoms with E-state index in [-0.39, 0.29) is 0 Å². The molecule has 1 unspecified atom stereocenters. The van der Waals surface area contributed by atoms with Crippen LogP contribution in [0.1, 0.15) is 45.4 Å². The smallest absolute Gasteiger partial charge is 0.0165 e. The lowest BCUT2D eigenvalue weighted by atomic mass is 9.76. The molecule has 0 radical (unpaired) electrons. The van der Waals surface area contributed by atoms with Crippen molar-refractivity contribution >= 4 is 0 Å². The van der Waals surface area contributed by atoms with Gasteiger partial charge >= 0.3 is 0 Å². The number of allylic oxidation sites excluding steroid dienone is 4. The van der Waals surface area contributed by atoms with Gasteiger partial charge in [0, 0.05) is 0 Å². The van der Waals surface area contributed by atoms with Crippen molar-refractivity contribution in [2.75, 3.05) is 0 Å². The molecule has 2 aliphatic rings. The lowest BCUT2D eigenvalue weighted by Crippen LogP contribution is -2.17. The molecule has 0 aromatic carbocycles. The Morgan fingerprint density at radius 1 is 1.15 bits per heavy atom. The Bertz CT molecular complexity index is 216. The predicted molar refractivity (Wildman–Crippen MR) is 57.6 cm³/mol. The van der Waals surface area contributed by atoms with Gasteiger partial charge in [-0.3, -0.25) is 0 Å². The normalized spacial score (nSPS) is 30.2. The first-order valence-electron chi connectivity index (χ1n) is 5.70. The van der Waals surface area contributed by atoms with Crippen LogP contribution in [-0.4, -0.2) is 0 Å². The van der Waals surface area contributed by atoms with Gasteiger partial charge in [-0.15, -0.1) is 0 Å². The first-order chi connectivity index (χ1) is 6.36. The number of hydrogen-bond donors (Lipinski definition) is 0. The van der Waals surface area contributed by atoms with Crippen LogP contribution in [-0.2, 0) is 0 Å². The molecule has 0 spiro atoms. The van der Waals surface area contributed by atoms with E-state index in [1.807, 2.05) is 0 Å². The van der Waals surface area contributed by atoms with Gasteiger partial charge in [0.05, 0.1) is 0 Å². The van der Waals surface area contributed by atoms with E-state index in [1.165, 1.54) is 38.5 Å². The lowest BCUT2D eigenvalue weighted by Gasteiger charge is -2.29. The van der Waals surface area contributed by atoms with Crippen molar-refractivity contribution in [3.63, 3.8) is 0 Å². The molecule has 13 heavy (non-hydrogen) atoms. The lowest BCUT2D eigenvalue weighted by molar-refractivity contribution is 0.283. The molecule has 0 aromatic rings. The standard InChI is InChI=1S/C13H20/c1-11-6-5-9-13(10-11)12-7-3-2-4-8-12/h5-6,9,12-13H,2-4,7-8,10H2,1H3. The van der Waals surface area contributed by atoms with Crippen LogP contribution >= 0.6 is 0 Å². The van der Waals surface area contributed by atoms with E-state index in [4.69, 9.17) is 0 Å². The van der Waals surface area contributed by atoms with Gasteiger partial charge in [-0.05, 0) is 38.0 Å². The van der Waals surface area contributed by atoms with E-state index in [0.29, 0.717) is 0 Å². The van der Waals surface area contributed by atoms with Crippen molar-refractivity contribution in [1.29, 1.82) is 0 Å². The Morgan fingerprint density at radius 2 is 1.92 bits per heavy atom. The van der Waals surface area contributed by atoms with Gasteiger partial charge in [0.15, 0.2) is 0 Å². The molecule has 72 valence electrons. The van der Waals surface area contributed by atoms with Gasteiger partial charge in [-0.2, -0.15) is 0 Å². The van der Waals surface area contributed by atoms with Crippen molar-refractivity contribution in [3.8, 4) is 0 Å². The van der Waals surface area contributed by atoms with E-state index in [1.54, 1.807) is 5.57 Å². The molecular weight excluding hydrogens is 156 g/mol. The first kappa shape index (κ1) is 9.05. The van der Waals surface area contributed by atoms with Gasteiger partial charge in [0.25, 0.3) is 0 Å². The Balaban J connectivity index is 1.93. The van der Waals surface area contributed by atoms with E-state index in [9.17, 15) is 0 Å². The Labute approximate surface area is 81.7 Å². The fourth-order valence-electron chi connectivity index (χ4n) is 2.76. The maximum absolute atomic E-state index is 2.43. The van der Waals surface area contributed by atoms with Crippen LogP contribution in [0, 0.1) is 11.8 Å². The number of hydrogen-bond acceptors (Lipinski definition) is 0. The summed E-state index contributed by atoms with van der Waals surface area (Å²) in [6, 6.07) is 0. The second kappa shape index (κ2) is 4.13. The predicted octanol–water partition coefficient (Wildman–Crippen LogP) is 4.09. The molecule has 2 aliphatic carbocycles. The Hall–Kier alpha value is -0.520. The van der Waals surface area contributed by atoms with Crippen LogP contribution in [0.3, 0.4) is 0 Å². The summed E-state index contributed by atoms with van der Waals surface area (Å²) >= 11 is 0. The highest BCUT2D eigenvalue weighted by Crippen LogP contribution is 2.35. The maximum atomic E-state index is 2.43. The molecule has 2 rings (SSSR count). The molecule has 0 saturated heterocycles. The summed E-state index contributed by atoms with van der Waals surface area (Å²) in [5.74, 6) is 1.86. The van der Waals surface area contributed by atoms with Gasteiger partial charge < -0.3 is 0 Å². The van der Waals surface area contributed by atoms with Crippen LogP contribution in [0.25, 0.3) is 0 Å². The monoisotopic (exact) mass is 176 g/mol. The molecule has 0 heteroatoms. The van der Waals surface area contributed by atoms with E-state index in [2.05, 4.69) is 25.2 Å². The minimum Gasteiger partial charge on any atom is -0.0808 e. The number of rotatable bonds is 1. The third kappa shape index (κ3) is 2.24. The van der Waals surface area contributed by atoms with E-state index >= 15 is 0 Å². The molecule has 0 heterocycles. The molecule has 1 fully saturated rings. The van der Waals surface area contributed by atoms with Crippen LogP contribution in [0.5, 0.6) is 0 Å². The fraction of sp³-hybridized carbons (Fsp3) is 0.692. The summed E-state index contributed by atoms with van der Waals surface area (Å²) in [7, 11) is 0. The minimum absolute atomic E-state index is 0.866. The van der Waals surface area contributed by atoms with Crippen molar-refractivity contribution in [2.45, 2.75) is 45.4 Å². The molecule has 1 atom stereocenters. The molecule has 0 aromatic heterocycles. The summed E-state index contributed by atoms with van der Waals surface area (Å²) in [4.78, 5) is 0. The van der Waals surface area contributed by atoms with Gasteiger partial charge in [-0.25, -0.2) is 0 Å². The molecular formula is C13H20. The summed E-state index contributed by atoms with van der Waals surface area (Å²) in [5, 5.41) is 0. The topological polar surface area (TPSA) is 0 Å². The zero-order valence-electron chi connectivity index (χ0n) is 8.63. The molecule has 0 N–H and O–H groups in total. The highest BCUT2D eigenvalue weighted by Gasteiger charge is 2.22. The van der Waals surface area contributed by atoms with E-state index in [0.717, 1.165) is 11.8 Å². The SMILES string of the molecule is CC1=CC=CC(C2CCCCC2)C1. The van der Waals surface area contributed by atoms with E-state index < -0.39 is 0 Å². The molecule has 0 amide bonds. The molecule has 0 bridgehead atoms. The third-order valence-corrected chi connectivity index (χ3v) is 3.55. The van der Waals surface area contributed by atoms with Crippen LogP contribution in [0.4, 0.5) is 0 Å². The van der Waals surface area contributed by atoms with Crippen molar-refractivity contribution in [3.05, 3.63) is 23.8 Å². The molecule has 0 aliphatic heterocycles. The average Bonchev–Trinajstić information content (AvgIpc) is 2.19. The van der Waals surface area contributed by atoms with Crippen molar-refractivity contribution < 1.29 is 0 Å². The van der Waals surface area contributed by atoms with Gasteiger partial charge in [0.1, 0.15) is 0 Å². The highest BCUT2D eigenvalue weighted by atomic mass is 14.3. The zero-order chi connectivity index (χ0) is 9.10. The fourth-order valence-corrected chi connectivity index (χ4v) is 2.76. The van der Waals surface area contributed by atoms with Crippen LogP contribution in [0.15, 0.2) is 23.8 Å². The first-order valence-corrected chi connectivity index (χ1v) is 5.70. The Morgan fingerprint density at radius 3 is 2.62 bits per heavy atom. The second-order valence-corrected chi connectivity index (χ2v) is 4.66. The van der Waals surface area contributed by atoms with Crippen molar-refractivity contribution in [2.24, 2.45) is 11.8 Å². The van der Waals surface area contributed by atoms with Gasteiger partial charge in [-0.1, -0.05) is 43.1 Å². The van der Waals surface area contributed by atoms with Crippen LogP contribution < -0.4 is 0 Å². The average molecular weight is 176 g/mol. The summed E-state index contributed by atoms with van der Waals surface area (Å²) in [6.45, 7) is 2.26. The van der Waals surface area contributed by atoms with Crippen molar-refractivity contribution in [1.82, 2.24) is 0 Å². The quantitative estimate of drug-likeness (QED) is 0.564. The molecule has 1 saturated carbocycles. The third-order valence-electron chi connectivity index (χ3n) is 3.55. The highest BCUT2D eigenvalue weighted by molar-refractivity contribution is 5.18. The largest absolute Gasteiger partial charge is 0.0808 e. The second-order valence-electron chi connectivity index (χ2n) is 4.66. The van der Waals surface area contributed by atoms with Gasteiger partial charge in [0.2, 0.25) is 0 Å². The zero-order valence-corrected chi connectivity index (χ0v) is 8.63. The maximum Gasteiger partial charge on any atom is -0.0165 e. The van der Waals surface area contributed by atoms with Crippen LogP contribution in [0.2, 0.25) is 0 Å². The summed E-state index contributed by atoms with van der Waals surface area (Å²) in [5.41, 5.74) is 1.57. The summed E-state index contributed by atoms with van der Waals surface area (Å²) in [6.07, 6.45) is 15.6.